The first-order valence-electron chi connectivity index (χ1n) is 9.30. The molecule has 2 aromatic carbocycles. The SMILES string of the molecule is CC1=C(C(=O)OC(C)C)C(c2ccc(OCc3ccccc3)c(Cl)c2)NC(=O)N1. The highest BCUT2D eigenvalue weighted by Gasteiger charge is 2.33. The van der Waals surface area contributed by atoms with E-state index < -0.39 is 18.0 Å². The molecule has 0 spiro atoms. The fraction of sp³-hybridized carbons (Fsp3) is 0.273. The summed E-state index contributed by atoms with van der Waals surface area (Å²) >= 11 is 6.41. The molecule has 0 saturated carbocycles. The Morgan fingerprint density at radius 3 is 2.55 bits per heavy atom. The van der Waals surface area contributed by atoms with Gasteiger partial charge in [-0.05, 0) is 44.0 Å². The fourth-order valence-corrected chi connectivity index (χ4v) is 3.28. The zero-order valence-electron chi connectivity index (χ0n) is 16.5. The van der Waals surface area contributed by atoms with E-state index >= 15 is 0 Å². The number of halogens is 1. The van der Waals surface area contributed by atoms with Crippen molar-refractivity contribution in [2.75, 3.05) is 0 Å². The lowest BCUT2D eigenvalue weighted by Crippen LogP contribution is -2.45. The minimum Gasteiger partial charge on any atom is -0.487 e. The van der Waals surface area contributed by atoms with E-state index in [-0.39, 0.29) is 6.10 Å². The maximum Gasteiger partial charge on any atom is 0.338 e. The Morgan fingerprint density at radius 2 is 1.90 bits per heavy atom. The number of carbonyl (C=O) groups excluding carboxylic acids is 2. The lowest BCUT2D eigenvalue weighted by molar-refractivity contribution is -0.143. The summed E-state index contributed by atoms with van der Waals surface area (Å²) in [7, 11) is 0. The molecule has 0 aromatic heterocycles. The van der Waals surface area contributed by atoms with Crippen LogP contribution in [-0.4, -0.2) is 18.1 Å². The van der Waals surface area contributed by atoms with Gasteiger partial charge >= 0.3 is 12.0 Å². The smallest absolute Gasteiger partial charge is 0.338 e. The summed E-state index contributed by atoms with van der Waals surface area (Å²) in [4.78, 5) is 24.6. The Balaban J connectivity index is 1.84. The molecule has 2 N–H and O–H groups in total. The second-order valence-electron chi connectivity index (χ2n) is 6.99. The minimum atomic E-state index is -0.671. The Morgan fingerprint density at radius 1 is 1.17 bits per heavy atom. The van der Waals surface area contributed by atoms with Gasteiger partial charge in [0.15, 0.2) is 0 Å². The highest BCUT2D eigenvalue weighted by atomic mass is 35.5. The van der Waals surface area contributed by atoms with Crippen LogP contribution >= 0.6 is 11.6 Å². The molecule has 0 saturated heterocycles. The molecule has 2 amide bonds. The van der Waals surface area contributed by atoms with Crippen molar-refractivity contribution in [3.63, 3.8) is 0 Å². The maximum atomic E-state index is 12.6. The summed E-state index contributed by atoms with van der Waals surface area (Å²) in [5.41, 5.74) is 2.47. The van der Waals surface area contributed by atoms with Gasteiger partial charge in [0.2, 0.25) is 0 Å². The van der Waals surface area contributed by atoms with Crippen LogP contribution in [0.1, 0.15) is 37.9 Å². The van der Waals surface area contributed by atoms with E-state index in [9.17, 15) is 9.59 Å². The molecule has 1 heterocycles. The molecule has 0 aliphatic carbocycles. The molecule has 3 rings (SSSR count). The highest BCUT2D eigenvalue weighted by Crippen LogP contribution is 2.33. The van der Waals surface area contributed by atoms with Crippen LogP contribution in [0.25, 0.3) is 0 Å². The molecule has 0 bridgehead atoms. The topological polar surface area (TPSA) is 76.7 Å². The van der Waals surface area contributed by atoms with E-state index in [4.69, 9.17) is 21.1 Å². The number of urea groups is 1. The fourth-order valence-electron chi connectivity index (χ4n) is 3.04. The number of esters is 1. The highest BCUT2D eigenvalue weighted by molar-refractivity contribution is 6.32. The third kappa shape index (κ3) is 5.09. The quantitative estimate of drug-likeness (QED) is 0.682. The second-order valence-corrected chi connectivity index (χ2v) is 7.40. The second kappa shape index (κ2) is 9.01. The van der Waals surface area contributed by atoms with E-state index in [1.807, 2.05) is 30.3 Å². The number of rotatable bonds is 6. The van der Waals surface area contributed by atoms with Gasteiger partial charge in [-0.15, -0.1) is 0 Å². The monoisotopic (exact) mass is 414 g/mol. The van der Waals surface area contributed by atoms with Crippen molar-refractivity contribution in [1.29, 1.82) is 0 Å². The molecule has 0 radical (unpaired) electrons. The van der Waals surface area contributed by atoms with Crippen molar-refractivity contribution in [3.8, 4) is 5.75 Å². The molecule has 6 nitrogen and oxygen atoms in total. The van der Waals surface area contributed by atoms with Crippen LogP contribution < -0.4 is 15.4 Å². The van der Waals surface area contributed by atoms with Crippen LogP contribution in [0.2, 0.25) is 5.02 Å². The average molecular weight is 415 g/mol. The van der Waals surface area contributed by atoms with Gasteiger partial charge in [0.1, 0.15) is 12.4 Å². The predicted octanol–water partition coefficient (Wildman–Crippen LogP) is 4.50. The summed E-state index contributed by atoms with van der Waals surface area (Å²) in [6.45, 7) is 5.59. The summed E-state index contributed by atoms with van der Waals surface area (Å²) in [6, 6.07) is 13.9. The van der Waals surface area contributed by atoms with Gasteiger partial charge in [0.05, 0.1) is 22.7 Å². The number of amides is 2. The first-order valence-corrected chi connectivity index (χ1v) is 9.68. The Labute approximate surface area is 174 Å². The van der Waals surface area contributed by atoms with Crippen molar-refractivity contribution in [2.24, 2.45) is 0 Å². The largest absolute Gasteiger partial charge is 0.487 e. The zero-order chi connectivity index (χ0) is 21.0. The van der Waals surface area contributed by atoms with Crippen molar-refractivity contribution >= 4 is 23.6 Å². The Hall–Kier alpha value is -2.99. The minimum absolute atomic E-state index is 0.279. The van der Waals surface area contributed by atoms with Crippen LogP contribution in [0.15, 0.2) is 59.8 Å². The summed E-state index contributed by atoms with van der Waals surface area (Å²) < 4.78 is 11.1. The van der Waals surface area contributed by atoms with Crippen LogP contribution in [0.4, 0.5) is 4.79 Å². The summed E-state index contributed by atoms with van der Waals surface area (Å²) in [5, 5.41) is 5.77. The number of carbonyl (C=O) groups is 2. The molecule has 7 heteroatoms. The first kappa shape index (κ1) is 20.7. The van der Waals surface area contributed by atoms with Crippen LogP contribution in [-0.2, 0) is 16.1 Å². The van der Waals surface area contributed by atoms with Gasteiger partial charge < -0.3 is 20.1 Å². The molecule has 1 aliphatic rings. The molecular formula is C22H23ClN2O4. The van der Waals surface area contributed by atoms with Crippen molar-refractivity contribution in [3.05, 3.63) is 76.0 Å². The molecule has 1 aliphatic heterocycles. The third-order valence-corrected chi connectivity index (χ3v) is 4.65. The van der Waals surface area contributed by atoms with E-state index in [1.54, 1.807) is 39.0 Å². The third-order valence-electron chi connectivity index (χ3n) is 4.36. The number of benzene rings is 2. The standard InChI is InChI=1S/C22H23ClN2O4/c1-13(2)29-21(26)19-14(3)24-22(27)25-20(19)16-9-10-18(17(23)11-16)28-12-15-7-5-4-6-8-15/h4-11,13,20H,12H2,1-3H3,(H2,24,25,27). The van der Waals surface area contributed by atoms with Gasteiger partial charge in [0.25, 0.3) is 0 Å². The van der Waals surface area contributed by atoms with Crippen molar-refractivity contribution in [2.45, 2.75) is 39.5 Å². The van der Waals surface area contributed by atoms with Crippen molar-refractivity contribution < 1.29 is 19.1 Å². The van der Waals surface area contributed by atoms with E-state index in [0.29, 0.717) is 34.2 Å². The predicted molar refractivity (Wildman–Crippen MR) is 111 cm³/mol. The molecular weight excluding hydrogens is 392 g/mol. The van der Waals surface area contributed by atoms with Crippen LogP contribution in [0.3, 0.4) is 0 Å². The van der Waals surface area contributed by atoms with E-state index in [0.717, 1.165) is 5.56 Å². The Bertz CT molecular complexity index is 941. The van der Waals surface area contributed by atoms with Gasteiger partial charge in [-0.3, -0.25) is 0 Å². The molecule has 152 valence electrons. The normalized spacial score (nSPS) is 16.3. The summed E-state index contributed by atoms with van der Waals surface area (Å²) in [6.07, 6.45) is -0.279. The van der Waals surface area contributed by atoms with E-state index in [2.05, 4.69) is 10.6 Å². The molecule has 2 aromatic rings. The van der Waals surface area contributed by atoms with Gasteiger partial charge in [-0.2, -0.15) is 0 Å². The number of allylic oxidation sites excluding steroid dienone is 1. The molecule has 1 unspecified atom stereocenters. The Kier molecular flexibility index (Phi) is 6.44. The molecule has 1 atom stereocenters. The number of ether oxygens (including phenoxy) is 2. The number of hydrogen-bond donors (Lipinski definition) is 2. The first-order chi connectivity index (χ1) is 13.8. The van der Waals surface area contributed by atoms with E-state index in [1.165, 1.54) is 0 Å². The van der Waals surface area contributed by atoms with Crippen LogP contribution in [0, 0.1) is 0 Å². The van der Waals surface area contributed by atoms with Gasteiger partial charge in [0, 0.05) is 5.70 Å². The zero-order valence-corrected chi connectivity index (χ0v) is 17.2. The van der Waals surface area contributed by atoms with Gasteiger partial charge in [-0.25, -0.2) is 9.59 Å². The number of nitrogens with one attached hydrogen (secondary N) is 2. The average Bonchev–Trinajstić information content (AvgIpc) is 2.66. The van der Waals surface area contributed by atoms with Gasteiger partial charge in [-0.1, -0.05) is 48.0 Å². The van der Waals surface area contributed by atoms with Crippen LogP contribution in [0.5, 0.6) is 5.75 Å². The maximum absolute atomic E-state index is 12.6. The lowest BCUT2D eigenvalue weighted by Gasteiger charge is -2.28. The number of hydrogen-bond acceptors (Lipinski definition) is 4. The van der Waals surface area contributed by atoms with Crippen molar-refractivity contribution in [1.82, 2.24) is 10.6 Å². The lowest BCUT2D eigenvalue weighted by atomic mass is 9.95. The summed E-state index contributed by atoms with van der Waals surface area (Å²) in [5.74, 6) is 0.0297. The molecule has 29 heavy (non-hydrogen) atoms. The molecule has 0 fully saturated rings.